The zero-order valence-electron chi connectivity index (χ0n) is 12.0. The molecule has 0 radical (unpaired) electrons. The van der Waals surface area contributed by atoms with Crippen LogP contribution in [0.3, 0.4) is 0 Å². The fourth-order valence-corrected chi connectivity index (χ4v) is 2.64. The minimum Gasteiger partial charge on any atom is -0.295 e. The third-order valence-corrected chi connectivity index (χ3v) is 3.57. The molecule has 18 heavy (non-hydrogen) atoms. The third-order valence-electron chi connectivity index (χ3n) is 3.57. The maximum atomic E-state index is 12.5. The van der Waals surface area contributed by atoms with Gasteiger partial charge in [0.2, 0.25) is 0 Å². The Kier molecular flexibility index (Phi) is 4.70. The molecule has 0 unspecified atom stereocenters. The highest BCUT2D eigenvalue weighted by Crippen LogP contribution is 2.30. The van der Waals surface area contributed by atoms with Gasteiger partial charge in [-0.15, -0.1) is 0 Å². The number of hydrogen-bond acceptors (Lipinski definition) is 2. The molecule has 1 atom stereocenters. The molecule has 0 N–H and O–H groups in total. The Balaban J connectivity index is 2.74. The summed E-state index contributed by atoms with van der Waals surface area (Å²) in [4.78, 5) is 3.86. The standard InChI is InChI=1S/C13H25F3N2/c1-10(2)18-7-6-17(9-13(14,15)16)8-11(18)12(3,4)5/h10-11H,6-9H2,1-5H3/t11-/m1/s1. The predicted octanol–water partition coefficient (Wildman–Crippen LogP) is 2.99. The predicted molar refractivity (Wildman–Crippen MR) is 67.6 cm³/mol. The summed E-state index contributed by atoms with van der Waals surface area (Å²) in [5.74, 6) is 0. The Hall–Kier alpha value is -0.290. The van der Waals surface area contributed by atoms with Crippen molar-refractivity contribution >= 4 is 0 Å². The second-order valence-corrected chi connectivity index (χ2v) is 6.56. The van der Waals surface area contributed by atoms with Gasteiger partial charge in [-0.05, 0) is 19.3 Å². The molecule has 1 heterocycles. The van der Waals surface area contributed by atoms with Crippen LogP contribution in [0.5, 0.6) is 0 Å². The fourth-order valence-electron chi connectivity index (χ4n) is 2.64. The SMILES string of the molecule is CC(C)N1CCN(CC(F)(F)F)C[C@@H]1C(C)(C)C. The molecule has 0 aromatic carbocycles. The number of alkyl halides is 3. The summed E-state index contributed by atoms with van der Waals surface area (Å²) >= 11 is 0. The van der Waals surface area contributed by atoms with Crippen LogP contribution >= 0.6 is 0 Å². The van der Waals surface area contributed by atoms with E-state index in [1.807, 2.05) is 0 Å². The van der Waals surface area contributed by atoms with E-state index in [1.165, 1.54) is 4.90 Å². The molecule has 0 saturated carbocycles. The van der Waals surface area contributed by atoms with Crippen molar-refractivity contribution < 1.29 is 13.2 Å². The Morgan fingerprint density at radius 2 is 1.67 bits per heavy atom. The number of hydrogen-bond donors (Lipinski definition) is 0. The van der Waals surface area contributed by atoms with Crippen LogP contribution in [0.1, 0.15) is 34.6 Å². The minimum absolute atomic E-state index is 0.00542. The monoisotopic (exact) mass is 266 g/mol. The zero-order chi connectivity index (χ0) is 14.1. The van der Waals surface area contributed by atoms with Crippen molar-refractivity contribution in [2.75, 3.05) is 26.2 Å². The first-order valence-electron chi connectivity index (χ1n) is 6.55. The van der Waals surface area contributed by atoms with Gasteiger partial charge in [0.1, 0.15) is 0 Å². The van der Waals surface area contributed by atoms with Gasteiger partial charge < -0.3 is 0 Å². The summed E-state index contributed by atoms with van der Waals surface area (Å²) in [6.07, 6.45) is -4.09. The molecule has 0 aromatic heterocycles. The Labute approximate surface area is 108 Å². The van der Waals surface area contributed by atoms with E-state index in [1.54, 1.807) is 0 Å². The molecule has 0 aromatic rings. The highest BCUT2D eigenvalue weighted by molar-refractivity contribution is 4.91. The van der Waals surface area contributed by atoms with Crippen LogP contribution in [0.25, 0.3) is 0 Å². The van der Waals surface area contributed by atoms with Crippen LogP contribution in [0.15, 0.2) is 0 Å². The van der Waals surface area contributed by atoms with Gasteiger partial charge in [0.05, 0.1) is 6.54 Å². The summed E-state index contributed by atoms with van der Waals surface area (Å²) in [5, 5.41) is 0. The number of halogens is 3. The highest BCUT2D eigenvalue weighted by Gasteiger charge is 2.39. The van der Waals surface area contributed by atoms with Crippen molar-refractivity contribution in [3.05, 3.63) is 0 Å². The first-order valence-corrected chi connectivity index (χ1v) is 6.55. The quantitative estimate of drug-likeness (QED) is 0.758. The summed E-state index contributed by atoms with van der Waals surface area (Å²) in [5.41, 5.74) is -0.00542. The van der Waals surface area contributed by atoms with Gasteiger partial charge in [-0.1, -0.05) is 20.8 Å². The normalized spacial score (nSPS) is 24.8. The summed E-state index contributed by atoms with van der Waals surface area (Å²) in [6.45, 7) is 11.5. The van der Waals surface area contributed by atoms with Crippen LogP contribution in [0, 0.1) is 5.41 Å². The van der Waals surface area contributed by atoms with Crippen molar-refractivity contribution in [2.24, 2.45) is 5.41 Å². The zero-order valence-corrected chi connectivity index (χ0v) is 12.0. The van der Waals surface area contributed by atoms with Gasteiger partial charge in [0.25, 0.3) is 0 Å². The molecular formula is C13H25F3N2. The van der Waals surface area contributed by atoms with E-state index < -0.39 is 12.7 Å². The molecule has 2 nitrogen and oxygen atoms in total. The summed E-state index contributed by atoms with van der Waals surface area (Å²) in [7, 11) is 0. The van der Waals surface area contributed by atoms with Crippen LogP contribution < -0.4 is 0 Å². The topological polar surface area (TPSA) is 6.48 Å². The van der Waals surface area contributed by atoms with E-state index >= 15 is 0 Å². The third kappa shape index (κ3) is 4.43. The molecule has 0 bridgehead atoms. The first-order chi connectivity index (χ1) is 8.00. The van der Waals surface area contributed by atoms with Gasteiger partial charge in [-0.3, -0.25) is 9.80 Å². The van der Waals surface area contributed by atoms with E-state index in [9.17, 15) is 13.2 Å². The average molecular weight is 266 g/mol. The molecule has 1 aliphatic rings. The lowest BCUT2D eigenvalue weighted by atomic mass is 9.83. The lowest BCUT2D eigenvalue weighted by molar-refractivity contribution is -0.155. The van der Waals surface area contributed by atoms with Crippen molar-refractivity contribution in [1.29, 1.82) is 0 Å². The van der Waals surface area contributed by atoms with Crippen LogP contribution in [-0.2, 0) is 0 Å². The average Bonchev–Trinajstić information content (AvgIpc) is 2.13. The van der Waals surface area contributed by atoms with Gasteiger partial charge >= 0.3 is 6.18 Å². The van der Waals surface area contributed by atoms with Gasteiger partial charge in [-0.25, -0.2) is 0 Å². The molecule has 0 spiro atoms. The van der Waals surface area contributed by atoms with E-state index in [2.05, 4.69) is 39.5 Å². The summed E-state index contributed by atoms with van der Waals surface area (Å²) in [6, 6.07) is 0.552. The molecule has 108 valence electrons. The number of piperazine rings is 1. The molecule has 1 rings (SSSR count). The van der Waals surface area contributed by atoms with Crippen molar-refractivity contribution in [3.63, 3.8) is 0 Å². The Bertz CT molecular complexity index is 268. The maximum absolute atomic E-state index is 12.5. The largest absolute Gasteiger partial charge is 0.401 e. The second kappa shape index (κ2) is 5.37. The first kappa shape index (κ1) is 15.8. The van der Waals surface area contributed by atoms with Gasteiger partial charge in [0, 0.05) is 31.7 Å². The molecule has 0 aliphatic carbocycles. The highest BCUT2D eigenvalue weighted by atomic mass is 19.4. The molecule has 5 heteroatoms. The van der Waals surface area contributed by atoms with E-state index in [4.69, 9.17) is 0 Å². The Morgan fingerprint density at radius 1 is 1.11 bits per heavy atom. The van der Waals surface area contributed by atoms with Crippen LogP contribution in [-0.4, -0.2) is 54.2 Å². The number of rotatable bonds is 2. The Morgan fingerprint density at radius 3 is 2.06 bits per heavy atom. The van der Waals surface area contributed by atoms with Crippen molar-refractivity contribution in [2.45, 2.75) is 52.9 Å². The molecule has 1 saturated heterocycles. The lowest BCUT2D eigenvalue weighted by Crippen LogP contribution is -2.60. The fraction of sp³-hybridized carbons (Fsp3) is 1.00. The molecular weight excluding hydrogens is 241 g/mol. The van der Waals surface area contributed by atoms with Crippen molar-refractivity contribution in [1.82, 2.24) is 9.80 Å². The minimum atomic E-state index is -4.09. The lowest BCUT2D eigenvalue weighted by Gasteiger charge is -2.49. The molecule has 1 fully saturated rings. The van der Waals surface area contributed by atoms with Gasteiger partial charge in [0.15, 0.2) is 0 Å². The van der Waals surface area contributed by atoms with Gasteiger partial charge in [-0.2, -0.15) is 13.2 Å². The molecule has 0 amide bonds. The van der Waals surface area contributed by atoms with Crippen LogP contribution in [0.2, 0.25) is 0 Å². The van der Waals surface area contributed by atoms with Crippen molar-refractivity contribution in [3.8, 4) is 0 Å². The van der Waals surface area contributed by atoms with E-state index in [0.717, 1.165) is 6.54 Å². The van der Waals surface area contributed by atoms with E-state index in [0.29, 0.717) is 19.1 Å². The molecule has 1 aliphatic heterocycles. The summed E-state index contributed by atoms with van der Waals surface area (Å²) < 4.78 is 37.4. The maximum Gasteiger partial charge on any atom is 0.401 e. The number of nitrogens with zero attached hydrogens (tertiary/aromatic N) is 2. The smallest absolute Gasteiger partial charge is 0.295 e. The van der Waals surface area contributed by atoms with E-state index in [-0.39, 0.29) is 11.5 Å². The van der Waals surface area contributed by atoms with Crippen LogP contribution in [0.4, 0.5) is 13.2 Å². The second-order valence-electron chi connectivity index (χ2n) is 6.56.